The molecular formula is C42H45N7O14S2. The highest BCUT2D eigenvalue weighted by molar-refractivity contribution is 7.86. The molecule has 1 saturated heterocycles. The van der Waals surface area contributed by atoms with Gasteiger partial charge in [-0.3, -0.25) is 38.9 Å². The maximum atomic E-state index is 14.2. The Labute approximate surface area is 372 Å². The first-order chi connectivity index (χ1) is 30.4. The maximum absolute atomic E-state index is 14.2. The first-order valence-electron chi connectivity index (χ1n) is 20.3. The summed E-state index contributed by atoms with van der Waals surface area (Å²) in [7, 11) is -9.97. The van der Waals surface area contributed by atoms with E-state index in [9.17, 15) is 55.8 Å². The number of nitro groups is 2. The van der Waals surface area contributed by atoms with Crippen molar-refractivity contribution in [1.29, 1.82) is 0 Å². The molecule has 1 fully saturated rings. The van der Waals surface area contributed by atoms with E-state index in [4.69, 9.17) is 9.26 Å². The number of ether oxygens (including phenoxy) is 1. The molecule has 5 N–H and O–H groups in total. The van der Waals surface area contributed by atoms with Crippen LogP contribution in [0.3, 0.4) is 0 Å². The van der Waals surface area contributed by atoms with E-state index in [2.05, 4.69) is 21.1 Å². The number of carbonyl (C=O) groups is 2. The molecule has 1 amide bonds. The van der Waals surface area contributed by atoms with Crippen LogP contribution in [0.15, 0.2) is 81.0 Å². The van der Waals surface area contributed by atoms with Crippen LogP contribution in [0.25, 0.3) is 22.2 Å². The summed E-state index contributed by atoms with van der Waals surface area (Å²) < 4.78 is 80.6. The third kappa shape index (κ3) is 9.93. The van der Waals surface area contributed by atoms with Crippen LogP contribution in [0.5, 0.6) is 0 Å². The average molecular weight is 936 g/mol. The number of carbonyl (C=O) groups excluding carboxylic acids is 2. The summed E-state index contributed by atoms with van der Waals surface area (Å²) in [6.07, 6.45) is 1.98. The van der Waals surface area contributed by atoms with Gasteiger partial charge in [-0.2, -0.15) is 16.8 Å². The molecule has 0 unspecified atom stereocenters. The fourth-order valence-corrected chi connectivity index (χ4v) is 9.27. The van der Waals surface area contributed by atoms with Gasteiger partial charge in [0.05, 0.1) is 60.3 Å². The van der Waals surface area contributed by atoms with E-state index in [-0.39, 0.29) is 59.6 Å². The van der Waals surface area contributed by atoms with Crippen LogP contribution in [0.2, 0.25) is 0 Å². The number of hydrogen-bond donors (Lipinski definition) is 5. The van der Waals surface area contributed by atoms with Crippen LogP contribution in [0.1, 0.15) is 69.3 Å². The van der Waals surface area contributed by atoms with Gasteiger partial charge in [0.25, 0.3) is 31.6 Å². The Hall–Kier alpha value is -6.53. The summed E-state index contributed by atoms with van der Waals surface area (Å²) in [6, 6.07) is 14.2. The number of nitro benzene ring substituents is 2. The molecule has 1 aromatic heterocycles. The molecule has 0 radical (unpaired) electrons. The number of piperidine rings is 1. The summed E-state index contributed by atoms with van der Waals surface area (Å²) in [5.74, 6) is -0.879. The first-order valence-corrected chi connectivity index (χ1v) is 23.2. The molecule has 7 rings (SSSR count). The lowest BCUT2D eigenvalue weighted by Gasteiger charge is -2.35. The van der Waals surface area contributed by atoms with Crippen molar-refractivity contribution in [3.8, 4) is 11.3 Å². The molecule has 1 atom stereocenters. The topological polar surface area (TPSA) is 304 Å². The van der Waals surface area contributed by atoms with Gasteiger partial charge in [0.2, 0.25) is 5.91 Å². The Morgan fingerprint density at radius 1 is 0.923 bits per heavy atom. The Bertz CT molecular complexity index is 2990. The largest absolute Gasteiger partial charge is 0.375 e. The fraction of sp³-hybridized carbons (Fsp3) is 0.357. The van der Waals surface area contributed by atoms with Gasteiger partial charge in [-0.15, -0.1) is 0 Å². The zero-order chi connectivity index (χ0) is 47.2. The maximum Gasteiger partial charge on any atom is 0.299 e. The second kappa shape index (κ2) is 17.5. The summed E-state index contributed by atoms with van der Waals surface area (Å²) in [5.41, 5.74) is -0.723. The van der Waals surface area contributed by atoms with E-state index < -0.39 is 74.1 Å². The number of anilines is 4. The van der Waals surface area contributed by atoms with Gasteiger partial charge >= 0.3 is 0 Å². The van der Waals surface area contributed by atoms with Crippen molar-refractivity contribution in [3.05, 3.63) is 98.1 Å². The second-order valence-electron chi connectivity index (χ2n) is 17.1. The van der Waals surface area contributed by atoms with Crippen LogP contribution >= 0.6 is 0 Å². The number of aromatic nitrogens is 1. The molecule has 65 heavy (non-hydrogen) atoms. The van der Waals surface area contributed by atoms with Crippen LogP contribution in [0.4, 0.5) is 34.1 Å². The molecular weight excluding hydrogens is 891 g/mol. The van der Waals surface area contributed by atoms with Gasteiger partial charge in [0, 0.05) is 49.0 Å². The number of hydrogen-bond acceptors (Lipinski definition) is 16. The molecule has 4 aromatic carbocycles. The van der Waals surface area contributed by atoms with Crippen molar-refractivity contribution < 1.29 is 54.6 Å². The van der Waals surface area contributed by atoms with Crippen molar-refractivity contribution in [2.45, 2.75) is 74.3 Å². The van der Waals surface area contributed by atoms with E-state index >= 15 is 0 Å². The quantitative estimate of drug-likeness (QED) is 0.0353. The molecule has 0 spiro atoms. The van der Waals surface area contributed by atoms with Crippen LogP contribution < -0.4 is 20.9 Å². The van der Waals surface area contributed by atoms with E-state index in [0.717, 1.165) is 18.2 Å². The molecule has 2 aliphatic rings. The van der Waals surface area contributed by atoms with Crippen molar-refractivity contribution >= 4 is 77.0 Å². The lowest BCUT2D eigenvalue weighted by molar-refractivity contribution is -0.393. The van der Waals surface area contributed by atoms with E-state index in [1.54, 1.807) is 30.3 Å². The summed E-state index contributed by atoms with van der Waals surface area (Å²) in [4.78, 5) is 49.5. The van der Waals surface area contributed by atoms with Crippen molar-refractivity contribution in [2.24, 2.45) is 5.92 Å². The Kier molecular flexibility index (Phi) is 12.5. The number of ketones is 1. The second-order valence-corrected chi connectivity index (χ2v) is 19.9. The number of nitrogens with zero attached hydrogens (tertiary/aromatic N) is 4. The number of rotatable bonds is 17. The third-order valence-electron chi connectivity index (χ3n) is 11.4. The van der Waals surface area contributed by atoms with Gasteiger partial charge in [0.15, 0.2) is 11.5 Å². The lowest BCUT2D eigenvalue weighted by Crippen LogP contribution is -2.44. The van der Waals surface area contributed by atoms with Gasteiger partial charge in [0.1, 0.15) is 16.1 Å². The molecule has 5 aromatic rings. The predicted molar refractivity (Wildman–Crippen MR) is 237 cm³/mol. The van der Waals surface area contributed by atoms with Gasteiger partial charge in [-0.05, 0) is 83.7 Å². The molecule has 21 nitrogen and oxygen atoms in total. The Morgan fingerprint density at radius 3 is 2.31 bits per heavy atom. The lowest BCUT2D eigenvalue weighted by atomic mass is 9.86. The smallest absolute Gasteiger partial charge is 0.299 e. The standard InChI is InChI=1S/C42H45N7O14S2/c1-41(2,45-29-13-11-25(48(52)53)20-32(29)49(54)55)16-19-62-42(3,4)15-17-43-40(51)24-8-7-18-47(23-24)33-22-31(44-30-14-12-26(64(56,57)58)21-34(30)65(59,60)61)35-36-37(33)46-63-39(36)28-10-6-5-9-27(28)38(35)50/h5-6,9-14,20-22,24,44-45H,7-8,15-19,23H2,1-4H3,(H,43,51)(H,56,57,58)(H,59,60,61)/t24-/m0/s1. The van der Waals surface area contributed by atoms with Crippen molar-refractivity contribution in [3.63, 3.8) is 0 Å². The zero-order valence-electron chi connectivity index (χ0n) is 35.5. The summed E-state index contributed by atoms with van der Waals surface area (Å²) in [6.45, 7) is 8.59. The number of benzene rings is 4. The van der Waals surface area contributed by atoms with Crippen LogP contribution in [0, 0.1) is 26.1 Å². The van der Waals surface area contributed by atoms with E-state index in [0.29, 0.717) is 60.4 Å². The van der Waals surface area contributed by atoms with Gasteiger partial charge in [-0.1, -0.05) is 29.4 Å². The summed E-state index contributed by atoms with van der Waals surface area (Å²) >= 11 is 0. The van der Waals surface area contributed by atoms with E-state index in [1.165, 1.54) is 12.1 Å². The zero-order valence-corrected chi connectivity index (χ0v) is 37.1. The van der Waals surface area contributed by atoms with Gasteiger partial charge in [-0.25, -0.2) is 0 Å². The summed E-state index contributed by atoms with van der Waals surface area (Å²) in [5, 5.41) is 36.5. The van der Waals surface area contributed by atoms with Crippen molar-refractivity contribution in [1.82, 2.24) is 10.5 Å². The Balaban J connectivity index is 1.06. The fourth-order valence-electron chi connectivity index (χ4n) is 8.02. The third-order valence-corrected chi connectivity index (χ3v) is 13.2. The minimum absolute atomic E-state index is 0.0709. The minimum Gasteiger partial charge on any atom is -0.375 e. The number of amides is 1. The average Bonchev–Trinajstić information content (AvgIpc) is 3.67. The molecule has 1 aliphatic carbocycles. The molecule has 0 bridgehead atoms. The highest BCUT2D eigenvalue weighted by atomic mass is 32.2. The van der Waals surface area contributed by atoms with Gasteiger partial charge < -0.3 is 30.1 Å². The predicted octanol–water partition coefficient (Wildman–Crippen LogP) is 6.89. The molecule has 0 saturated carbocycles. The number of nitrogens with one attached hydrogen (secondary N) is 3. The number of fused-ring (bicyclic) bond motifs is 2. The minimum atomic E-state index is -5.09. The van der Waals surface area contributed by atoms with Crippen molar-refractivity contribution in [2.75, 3.05) is 41.8 Å². The monoisotopic (exact) mass is 935 g/mol. The molecule has 344 valence electrons. The SMILES string of the molecule is CC(C)(CCOC(C)(C)CCNC(=O)[C@H]1CCCN(c2cc(Nc3ccc(S(=O)(=O)O)cc3S(=O)(=O)O)c3c4c(onc24)-c2ccccc2C3=O)C1)Nc1ccc([N+](=O)[O-])cc1[N+](=O)[O-]. The van der Waals surface area contributed by atoms with Crippen LogP contribution in [-0.2, 0) is 29.8 Å². The highest BCUT2D eigenvalue weighted by Crippen LogP contribution is 2.47. The van der Waals surface area contributed by atoms with Crippen LogP contribution in [-0.4, -0.2) is 90.0 Å². The molecule has 1 aliphatic heterocycles. The molecule has 23 heteroatoms. The van der Waals surface area contributed by atoms with E-state index in [1.807, 2.05) is 32.6 Å². The normalized spacial score (nSPS) is 15.4. The number of non-ortho nitro benzene ring substituents is 1. The molecule has 2 heterocycles. The highest BCUT2D eigenvalue weighted by Gasteiger charge is 2.36. The first kappa shape index (κ1) is 46.5. The Morgan fingerprint density at radius 2 is 1.63 bits per heavy atom.